The fraction of sp³-hybridized carbons (Fsp3) is 0.500. The van der Waals surface area contributed by atoms with Gasteiger partial charge in [-0.1, -0.05) is 6.08 Å². The minimum absolute atomic E-state index is 0.523. The number of nitrogens with one attached hydrogen (secondary N) is 2. The van der Waals surface area contributed by atoms with Crippen LogP contribution >= 0.6 is 0 Å². The summed E-state index contributed by atoms with van der Waals surface area (Å²) in [6.07, 6.45) is 7.72. The van der Waals surface area contributed by atoms with Crippen molar-refractivity contribution < 1.29 is 0 Å². The van der Waals surface area contributed by atoms with E-state index in [0.29, 0.717) is 6.04 Å². The zero-order valence-electron chi connectivity index (χ0n) is 5.93. The molecule has 0 bridgehead atoms. The summed E-state index contributed by atoms with van der Waals surface area (Å²) in [5.74, 6) is 0. The Labute approximate surface area is 61.0 Å². The van der Waals surface area contributed by atoms with E-state index in [-0.39, 0.29) is 0 Å². The van der Waals surface area contributed by atoms with Crippen molar-refractivity contribution in [3.63, 3.8) is 0 Å². The van der Waals surface area contributed by atoms with Crippen LogP contribution < -0.4 is 10.6 Å². The van der Waals surface area contributed by atoms with Gasteiger partial charge in [0.1, 0.15) is 0 Å². The number of hydrogen-bond acceptors (Lipinski definition) is 2. The first-order chi connectivity index (χ1) is 4.97. The van der Waals surface area contributed by atoms with Crippen LogP contribution in [0.5, 0.6) is 0 Å². The lowest BCUT2D eigenvalue weighted by Gasteiger charge is -2.26. The molecule has 2 aliphatic rings. The molecule has 0 aromatic carbocycles. The summed E-state index contributed by atoms with van der Waals surface area (Å²) in [6.45, 7) is 2.15. The molecule has 2 N–H and O–H groups in total. The molecule has 10 heavy (non-hydrogen) atoms. The molecule has 54 valence electrons. The maximum absolute atomic E-state index is 3.43. The van der Waals surface area contributed by atoms with E-state index in [4.69, 9.17) is 0 Å². The largest absolute Gasteiger partial charge is 0.387 e. The lowest BCUT2D eigenvalue weighted by molar-refractivity contribution is 0.590. The molecular weight excluding hydrogens is 124 g/mol. The number of rotatable bonds is 0. The summed E-state index contributed by atoms with van der Waals surface area (Å²) in [7, 11) is 0. The fourth-order valence-electron chi connectivity index (χ4n) is 1.47. The second kappa shape index (κ2) is 2.46. The van der Waals surface area contributed by atoms with Crippen LogP contribution in [0, 0.1) is 0 Å². The van der Waals surface area contributed by atoms with Crippen LogP contribution in [0.2, 0.25) is 0 Å². The van der Waals surface area contributed by atoms with E-state index in [0.717, 1.165) is 13.1 Å². The van der Waals surface area contributed by atoms with Crippen LogP contribution in [-0.4, -0.2) is 19.1 Å². The standard InChI is InChI=1S/C8H12N2/c1-2-7-6-9-5-3-8(7)10-4-1/h2-3,5,8-10H,1,4,6H2. The molecule has 1 unspecified atom stereocenters. The van der Waals surface area contributed by atoms with Crippen LogP contribution in [0.3, 0.4) is 0 Å². The number of hydrogen-bond donors (Lipinski definition) is 2. The minimum Gasteiger partial charge on any atom is -0.387 e. The average Bonchev–Trinajstić information content (AvgIpc) is 2.05. The van der Waals surface area contributed by atoms with E-state index in [1.807, 2.05) is 6.20 Å². The fourth-order valence-corrected chi connectivity index (χ4v) is 1.47. The van der Waals surface area contributed by atoms with E-state index in [9.17, 15) is 0 Å². The Morgan fingerprint density at radius 1 is 1.50 bits per heavy atom. The first-order valence-electron chi connectivity index (χ1n) is 3.79. The molecule has 0 aliphatic carbocycles. The van der Waals surface area contributed by atoms with Gasteiger partial charge in [-0.2, -0.15) is 0 Å². The predicted octanol–water partition coefficient (Wildman–Crippen LogP) is 0.392. The van der Waals surface area contributed by atoms with Crippen LogP contribution in [-0.2, 0) is 0 Å². The zero-order chi connectivity index (χ0) is 6.81. The molecule has 0 saturated carbocycles. The quantitative estimate of drug-likeness (QED) is 0.471. The zero-order valence-corrected chi connectivity index (χ0v) is 5.93. The van der Waals surface area contributed by atoms with Gasteiger partial charge in [0.2, 0.25) is 0 Å². The Kier molecular flexibility index (Phi) is 1.47. The Bertz CT molecular complexity index is 182. The van der Waals surface area contributed by atoms with E-state index < -0.39 is 0 Å². The van der Waals surface area contributed by atoms with Gasteiger partial charge in [0.25, 0.3) is 0 Å². The van der Waals surface area contributed by atoms with Crippen molar-refractivity contribution in [2.45, 2.75) is 12.5 Å². The van der Waals surface area contributed by atoms with Gasteiger partial charge >= 0.3 is 0 Å². The van der Waals surface area contributed by atoms with Gasteiger partial charge < -0.3 is 10.6 Å². The lowest BCUT2D eigenvalue weighted by atomic mass is 10.0. The van der Waals surface area contributed by atoms with Crippen molar-refractivity contribution in [3.8, 4) is 0 Å². The van der Waals surface area contributed by atoms with Gasteiger partial charge in [-0.15, -0.1) is 0 Å². The average molecular weight is 136 g/mol. The van der Waals surface area contributed by atoms with Crippen molar-refractivity contribution in [1.29, 1.82) is 0 Å². The molecule has 0 aromatic rings. The van der Waals surface area contributed by atoms with Gasteiger partial charge in [0.15, 0.2) is 0 Å². The van der Waals surface area contributed by atoms with E-state index in [1.54, 1.807) is 0 Å². The topological polar surface area (TPSA) is 24.1 Å². The maximum atomic E-state index is 3.43. The summed E-state index contributed by atoms with van der Waals surface area (Å²) in [5, 5.41) is 6.62. The van der Waals surface area contributed by atoms with Gasteiger partial charge in [0.05, 0.1) is 0 Å². The molecule has 2 rings (SSSR count). The third-order valence-corrected chi connectivity index (χ3v) is 2.03. The minimum atomic E-state index is 0.523. The Morgan fingerprint density at radius 2 is 2.50 bits per heavy atom. The summed E-state index contributed by atoms with van der Waals surface area (Å²) < 4.78 is 0. The highest BCUT2D eigenvalue weighted by atomic mass is 15.0. The van der Waals surface area contributed by atoms with Gasteiger partial charge in [0, 0.05) is 12.6 Å². The molecule has 2 heterocycles. The molecule has 0 spiro atoms. The van der Waals surface area contributed by atoms with Gasteiger partial charge in [-0.05, 0) is 30.8 Å². The molecule has 2 aliphatic heterocycles. The first-order valence-corrected chi connectivity index (χ1v) is 3.79. The van der Waals surface area contributed by atoms with Crippen LogP contribution in [0.15, 0.2) is 23.9 Å². The van der Waals surface area contributed by atoms with Crippen molar-refractivity contribution in [2.75, 3.05) is 13.1 Å². The molecule has 0 amide bonds. The van der Waals surface area contributed by atoms with E-state index >= 15 is 0 Å². The Morgan fingerprint density at radius 3 is 3.40 bits per heavy atom. The Hall–Kier alpha value is -0.760. The van der Waals surface area contributed by atoms with Crippen LogP contribution in [0.25, 0.3) is 0 Å². The Balaban J connectivity index is 2.20. The molecule has 0 saturated heterocycles. The molecule has 2 nitrogen and oxygen atoms in total. The van der Waals surface area contributed by atoms with E-state index in [2.05, 4.69) is 22.8 Å². The molecule has 0 aromatic heterocycles. The highest BCUT2D eigenvalue weighted by Crippen LogP contribution is 2.11. The summed E-state index contributed by atoms with van der Waals surface area (Å²) in [4.78, 5) is 0. The normalized spacial score (nSPS) is 30.4. The summed E-state index contributed by atoms with van der Waals surface area (Å²) in [5.41, 5.74) is 1.49. The monoisotopic (exact) mass is 136 g/mol. The lowest BCUT2D eigenvalue weighted by Crippen LogP contribution is -2.39. The highest BCUT2D eigenvalue weighted by molar-refractivity contribution is 5.25. The predicted molar refractivity (Wildman–Crippen MR) is 41.6 cm³/mol. The first kappa shape index (κ1) is 5.98. The third kappa shape index (κ3) is 0.948. The second-order valence-corrected chi connectivity index (χ2v) is 2.74. The van der Waals surface area contributed by atoms with Crippen molar-refractivity contribution in [3.05, 3.63) is 23.9 Å². The summed E-state index contributed by atoms with van der Waals surface area (Å²) >= 11 is 0. The van der Waals surface area contributed by atoms with Gasteiger partial charge in [-0.25, -0.2) is 0 Å². The second-order valence-electron chi connectivity index (χ2n) is 2.74. The molecular formula is C8H12N2. The highest BCUT2D eigenvalue weighted by Gasteiger charge is 2.15. The maximum Gasteiger partial charge on any atom is 0.0499 e. The number of fused-ring (bicyclic) bond motifs is 1. The van der Waals surface area contributed by atoms with Crippen molar-refractivity contribution in [1.82, 2.24) is 10.6 Å². The van der Waals surface area contributed by atoms with Gasteiger partial charge in [-0.3, -0.25) is 0 Å². The smallest absolute Gasteiger partial charge is 0.0499 e. The van der Waals surface area contributed by atoms with Crippen molar-refractivity contribution >= 4 is 0 Å². The molecule has 0 fully saturated rings. The SMILES string of the molecule is C1=CC2NCCC=C2CN1. The third-order valence-electron chi connectivity index (χ3n) is 2.03. The van der Waals surface area contributed by atoms with Crippen molar-refractivity contribution in [2.24, 2.45) is 0 Å². The van der Waals surface area contributed by atoms with Crippen LogP contribution in [0.1, 0.15) is 6.42 Å². The van der Waals surface area contributed by atoms with Crippen LogP contribution in [0.4, 0.5) is 0 Å². The molecule has 0 radical (unpaired) electrons. The van der Waals surface area contributed by atoms with E-state index in [1.165, 1.54) is 12.0 Å². The molecule has 1 atom stereocenters. The summed E-state index contributed by atoms with van der Waals surface area (Å²) in [6, 6.07) is 0.523. The molecule has 2 heteroatoms.